The summed E-state index contributed by atoms with van der Waals surface area (Å²) in [6, 6.07) is 1.62. The summed E-state index contributed by atoms with van der Waals surface area (Å²) in [5, 5.41) is 0. The molecule has 0 spiro atoms. The lowest BCUT2D eigenvalue weighted by molar-refractivity contribution is 0.0958. The van der Waals surface area contributed by atoms with Crippen LogP contribution in [0.5, 0.6) is 0 Å². The van der Waals surface area contributed by atoms with Gasteiger partial charge < -0.3 is 20.4 Å². The number of anilines is 1. The zero-order chi connectivity index (χ0) is 12.3. The van der Waals surface area contributed by atoms with Crippen LogP contribution in [0.4, 0.5) is 5.82 Å². The fourth-order valence-electron chi connectivity index (χ4n) is 1.96. The molecule has 1 fully saturated rings. The first kappa shape index (κ1) is 12.1. The average molecular weight is 238 g/mol. The lowest BCUT2D eigenvalue weighted by Crippen LogP contribution is -2.50. The zero-order valence-corrected chi connectivity index (χ0v) is 9.98. The summed E-state index contributed by atoms with van der Waals surface area (Å²) in [6.07, 6.45) is 0.709. The van der Waals surface area contributed by atoms with Crippen LogP contribution in [-0.4, -0.2) is 42.3 Å². The van der Waals surface area contributed by atoms with Crippen LogP contribution in [0, 0.1) is 0 Å². The van der Waals surface area contributed by atoms with Crippen molar-refractivity contribution in [3.05, 3.63) is 22.2 Å². The Morgan fingerprint density at radius 2 is 2.53 bits per heavy atom. The Bertz CT molecular complexity index is 432. The molecule has 6 nitrogen and oxygen atoms in total. The largest absolute Gasteiger partial charge is 0.377 e. The summed E-state index contributed by atoms with van der Waals surface area (Å²) in [6.45, 7) is 4.41. The first-order valence-electron chi connectivity index (χ1n) is 5.89. The van der Waals surface area contributed by atoms with Crippen molar-refractivity contribution in [2.75, 3.05) is 31.2 Å². The van der Waals surface area contributed by atoms with Crippen LogP contribution in [0.2, 0.25) is 0 Å². The van der Waals surface area contributed by atoms with Crippen molar-refractivity contribution in [3.8, 4) is 0 Å². The number of nitrogens with one attached hydrogen (secondary N) is 1. The number of rotatable bonds is 3. The summed E-state index contributed by atoms with van der Waals surface area (Å²) in [7, 11) is 0. The van der Waals surface area contributed by atoms with Crippen molar-refractivity contribution in [2.24, 2.45) is 5.73 Å². The van der Waals surface area contributed by atoms with Gasteiger partial charge in [0.1, 0.15) is 11.6 Å². The number of ether oxygens (including phenoxy) is 1. The van der Waals surface area contributed by atoms with E-state index in [9.17, 15) is 4.79 Å². The molecular weight excluding hydrogens is 220 g/mol. The topological polar surface area (TPSA) is 84.2 Å². The van der Waals surface area contributed by atoms with Crippen LogP contribution in [0.15, 0.2) is 10.9 Å². The van der Waals surface area contributed by atoms with Gasteiger partial charge in [0.05, 0.1) is 19.3 Å². The van der Waals surface area contributed by atoms with E-state index < -0.39 is 0 Å². The summed E-state index contributed by atoms with van der Waals surface area (Å²) in [5.74, 6) is 1.40. The van der Waals surface area contributed by atoms with Crippen LogP contribution in [0.1, 0.15) is 12.7 Å². The van der Waals surface area contributed by atoms with Crippen LogP contribution in [-0.2, 0) is 11.2 Å². The van der Waals surface area contributed by atoms with E-state index in [2.05, 4.69) is 14.9 Å². The van der Waals surface area contributed by atoms with Crippen LogP contribution >= 0.6 is 0 Å². The molecule has 0 saturated carbocycles. The van der Waals surface area contributed by atoms with Gasteiger partial charge in [-0.25, -0.2) is 4.98 Å². The second-order valence-electron chi connectivity index (χ2n) is 4.06. The highest BCUT2D eigenvalue weighted by molar-refractivity contribution is 5.39. The van der Waals surface area contributed by atoms with E-state index in [1.54, 1.807) is 0 Å². The molecule has 94 valence electrons. The number of H-pyrrole nitrogens is 1. The summed E-state index contributed by atoms with van der Waals surface area (Å²) in [5.41, 5.74) is 5.59. The van der Waals surface area contributed by atoms with E-state index in [-0.39, 0.29) is 11.6 Å². The monoisotopic (exact) mass is 238 g/mol. The zero-order valence-electron chi connectivity index (χ0n) is 9.98. The molecule has 1 unspecified atom stereocenters. The molecule has 0 amide bonds. The number of hydrogen-bond acceptors (Lipinski definition) is 5. The minimum absolute atomic E-state index is 0.0998. The molecule has 0 bridgehead atoms. The van der Waals surface area contributed by atoms with Gasteiger partial charge in [-0.2, -0.15) is 0 Å². The quantitative estimate of drug-likeness (QED) is 0.741. The normalized spacial score (nSPS) is 20.6. The molecule has 1 aliphatic heterocycles. The summed E-state index contributed by atoms with van der Waals surface area (Å²) >= 11 is 0. The Hall–Kier alpha value is -1.40. The third-order valence-electron chi connectivity index (χ3n) is 2.91. The third-order valence-corrected chi connectivity index (χ3v) is 2.91. The maximum Gasteiger partial charge on any atom is 0.252 e. The second-order valence-corrected chi connectivity index (χ2v) is 4.06. The van der Waals surface area contributed by atoms with E-state index in [0.717, 1.165) is 6.54 Å². The van der Waals surface area contributed by atoms with E-state index in [1.165, 1.54) is 6.07 Å². The molecule has 1 atom stereocenters. The SMILES string of the molecule is CCc1nc(N2CCOCC2CN)cc(=O)[nH]1. The van der Waals surface area contributed by atoms with Crippen molar-refractivity contribution < 1.29 is 4.74 Å². The standard InChI is InChI=1S/C11H18N4O2/c1-2-9-13-10(5-11(16)14-9)15-3-4-17-7-8(15)6-12/h5,8H,2-4,6-7,12H2,1H3,(H,13,14,16). The smallest absolute Gasteiger partial charge is 0.252 e. The summed E-state index contributed by atoms with van der Waals surface area (Å²) < 4.78 is 5.38. The number of morpholine rings is 1. The highest BCUT2D eigenvalue weighted by Gasteiger charge is 2.23. The van der Waals surface area contributed by atoms with E-state index in [0.29, 0.717) is 37.8 Å². The first-order chi connectivity index (χ1) is 8.24. The molecule has 1 aliphatic rings. The predicted molar refractivity (Wildman–Crippen MR) is 65.2 cm³/mol. The third kappa shape index (κ3) is 2.65. The summed E-state index contributed by atoms with van der Waals surface area (Å²) in [4.78, 5) is 20.7. The molecular formula is C11H18N4O2. The second kappa shape index (κ2) is 5.29. The molecule has 0 radical (unpaired) electrons. The minimum atomic E-state index is -0.117. The molecule has 17 heavy (non-hydrogen) atoms. The average Bonchev–Trinajstić information content (AvgIpc) is 2.37. The van der Waals surface area contributed by atoms with Gasteiger partial charge in [-0.1, -0.05) is 6.92 Å². The Morgan fingerprint density at radius 1 is 1.71 bits per heavy atom. The highest BCUT2D eigenvalue weighted by Crippen LogP contribution is 2.15. The van der Waals surface area contributed by atoms with E-state index in [1.807, 2.05) is 6.92 Å². The van der Waals surface area contributed by atoms with Crippen LogP contribution in [0.3, 0.4) is 0 Å². The van der Waals surface area contributed by atoms with Crippen LogP contribution in [0.25, 0.3) is 0 Å². The maximum atomic E-state index is 11.5. The first-order valence-corrected chi connectivity index (χ1v) is 5.89. The van der Waals surface area contributed by atoms with Gasteiger partial charge in [-0.15, -0.1) is 0 Å². The van der Waals surface area contributed by atoms with Gasteiger partial charge >= 0.3 is 0 Å². The molecule has 6 heteroatoms. The number of nitrogens with two attached hydrogens (primary N) is 1. The van der Waals surface area contributed by atoms with Crippen molar-refractivity contribution in [3.63, 3.8) is 0 Å². The number of aromatic amines is 1. The van der Waals surface area contributed by atoms with Crippen molar-refractivity contribution >= 4 is 5.82 Å². The lowest BCUT2D eigenvalue weighted by Gasteiger charge is -2.35. The molecule has 0 aromatic carbocycles. The Balaban J connectivity index is 2.31. The van der Waals surface area contributed by atoms with Crippen molar-refractivity contribution in [2.45, 2.75) is 19.4 Å². The molecule has 0 aliphatic carbocycles. The van der Waals surface area contributed by atoms with Crippen molar-refractivity contribution in [1.29, 1.82) is 0 Å². The lowest BCUT2D eigenvalue weighted by atomic mass is 10.2. The van der Waals surface area contributed by atoms with Crippen molar-refractivity contribution in [1.82, 2.24) is 9.97 Å². The molecule has 2 heterocycles. The Morgan fingerprint density at radius 3 is 3.24 bits per heavy atom. The fraction of sp³-hybridized carbons (Fsp3) is 0.636. The minimum Gasteiger partial charge on any atom is -0.377 e. The highest BCUT2D eigenvalue weighted by atomic mass is 16.5. The maximum absolute atomic E-state index is 11.5. The predicted octanol–water partition coefficient (Wildman–Crippen LogP) is -0.504. The van der Waals surface area contributed by atoms with Gasteiger partial charge in [-0.3, -0.25) is 4.79 Å². The Kier molecular flexibility index (Phi) is 3.75. The van der Waals surface area contributed by atoms with Gasteiger partial charge in [-0.05, 0) is 0 Å². The number of aryl methyl sites for hydroxylation is 1. The Labute approximate surface area is 99.8 Å². The van der Waals surface area contributed by atoms with Gasteiger partial charge in [0.2, 0.25) is 0 Å². The molecule has 1 aromatic heterocycles. The molecule has 2 rings (SSSR count). The van der Waals surface area contributed by atoms with Crippen LogP contribution < -0.4 is 16.2 Å². The molecule has 1 aromatic rings. The fourth-order valence-corrected chi connectivity index (χ4v) is 1.96. The van der Waals surface area contributed by atoms with E-state index in [4.69, 9.17) is 10.5 Å². The number of aromatic nitrogens is 2. The van der Waals surface area contributed by atoms with Gasteiger partial charge in [0.15, 0.2) is 0 Å². The van der Waals surface area contributed by atoms with E-state index >= 15 is 0 Å². The number of nitrogens with zero attached hydrogens (tertiary/aromatic N) is 2. The number of hydrogen-bond donors (Lipinski definition) is 2. The molecule has 1 saturated heterocycles. The van der Waals surface area contributed by atoms with Gasteiger partial charge in [0, 0.05) is 25.6 Å². The van der Waals surface area contributed by atoms with Gasteiger partial charge in [0.25, 0.3) is 5.56 Å². The molecule has 3 N–H and O–H groups in total.